The van der Waals surface area contributed by atoms with Gasteiger partial charge in [0.15, 0.2) is 5.75 Å². The number of nitrogens with zero attached hydrogens (tertiary/aromatic N) is 2. The van der Waals surface area contributed by atoms with Crippen LogP contribution in [0.25, 0.3) is 0 Å². The van der Waals surface area contributed by atoms with Crippen LogP contribution in [0, 0.1) is 10.1 Å². The predicted octanol–water partition coefficient (Wildman–Crippen LogP) is 2.44. The van der Waals surface area contributed by atoms with Gasteiger partial charge in [0.1, 0.15) is 0 Å². The largest absolute Gasteiger partial charge is 0.502 e. The van der Waals surface area contributed by atoms with Crippen molar-refractivity contribution in [2.45, 2.75) is 24.3 Å². The third-order valence-electron chi connectivity index (χ3n) is 3.85. The number of nitro groups is 1. The number of fused-ring (bicyclic) bond motifs is 1. The van der Waals surface area contributed by atoms with Crippen molar-refractivity contribution in [2.75, 3.05) is 4.31 Å². The van der Waals surface area contributed by atoms with Crippen molar-refractivity contribution in [3.63, 3.8) is 0 Å². The van der Waals surface area contributed by atoms with Crippen LogP contribution in [0.5, 0.6) is 5.75 Å². The molecule has 1 N–H and O–H groups in total. The molecule has 1 heterocycles. The van der Waals surface area contributed by atoms with E-state index in [9.17, 15) is 23.6 Å². The number of rotatable bonds is 3. The minimum Gasteiger partial charge on any atom is -0.502 e. The lowest BCUT2D eigenvalue weighted by Gasteiger charge is -2.24. The SMILES string of the molecule is CC1Cc2ccccc2N1S(=O)(=O)c1ccc(O)c([N+](=O)[O-])c1. The number of sulfonamides is 1. The Morgan fingerprint density at radius 1 is 1.26 bits per heavy atom. The monoisotopic (exact) mass is 334 g/mol. The summed E-state index contributed by atoms with van der Waals surface area (Å²) in [5, 5.41) is 20.4. The molecule has 0 saturated heterocycles. The van der Waals surface area contributed by atoms with Crippen LogP contribution in [0.2, 0.25) is 0 Å². The molecular weight excluding hydrogens is 320 g/mol. The maximum absolute atomic E-state index is 12.9. The molecule has 0 bridgehead atoms. The van der Waals surface area contributed by atoms with Crippen LogP contribution in [-0.2, 0) is 16.4 Å². The van der Waals surface area contributed by atoms with Gasteiger partial charge in [0, 0.05) is 12.1 Å². The highest BCUT2D eigenvalue weighted by Crippen LogP contribution is 2.38. The van der Waals surface area contributed by atoms with E-state index < -0.39 is 26.4 Å². The van der Waals surface area contributed by atoms with Gasteiger partial charge in [-0.05, 0) is 37.1 Å². The molecule has 0 amide bonds. The molecule has 2 aromatic carbocycles. The Kier molecular flexibility index (Phi) is 3.48. The summed E-state index contributed by atoms with van der Waals surface area (Å²) >= 11 is 0. The highest BCUT2D eigenvalue weighted by atomic mass is 32.2. The molecule has 23 heavy (non-hydrogen) atoms. The number of phenolic OH excluding ortho intramolecular Hbond substituents is 1. The normalized spacial score (nSPS) is 17.1. The lowest BCUT2D eigenvalue weighted by Crippen LogP contribution is -2.35. The van der Waals surface area contributed by atoms with Crippen molar-refractivity contribution in [3.05, 3.63) is 58.1 Å². The number of benzene rings is 2. The second-order valence-electron chi connectivity index (χ2n) is 5.39. The molecule has 0 aromatic heterocycles. The van der Waals surface area contributed by atoms with Crippen LogP contribution in [-0.4, -0.2) is 24.5 Å². The zero-order chi connectivity index (χ0) is 16.8. The van der Waals surface area contributed by atoms with Gasteiger partial charge in [0.2, 0.25) is 0 Å². The number of hydrogen-bond donors (Lipinski definition) is 1. The van der Waals surface area contributed by atoms with Crippen molar-refractivity contribution in [2.24, 2.45) is 0 Å². The van der Waals surface area contributed by atoms with Gasteiger partial charge in [-0.15, -0.1) is 0 Å². The fourth-order valence-electron chi connectivity index (χ4n) is 2.83. The minimum absolute atomic E-state index is 0.217. The fourth-order valence-corrected chi connectivity index (χ4v) is 4.54. The molecule has 0 fully saturated rings. The summed E-state index contributed by atoms with van der Waals surface area (Å²) in [5.74, 6) is -0.566. The van der Waals surface area contributed by atoms with Crippen molar-refractivity contribution in [1.82, 2.24) is 0 Å². The highest BCUT2D eigenvalue weighted by molar-refractivity contribution is 7.92. The summed E-state index contributed by atoms with van der Waals surface area (Å²) in [5.41, 5.74) is 0.860. The Bertz CT molecular complexity index is 894. The zero-order valence-electron chi connectivity index (χ0n) is 12.2. The molecule has 2 aromatic rings. The minimum atomic E-state index is -3.96. The van der Waals surface area contributed by atoms with Gasteiger partial charge in [-0.25, -0.2) is 8.42 Å². The summed E-state index contributed by atoms with van der Waals surface area (Å²) < 4.78 is 27.1. The maximum atomic E-state index is 12.9. The Balaban J connectivity index is 2.13. The first kappa shape index (κ1) is 15.3. The van der Waals surface area contributed by atoms with Crippen molar-refractivity contribution < 1.29 is 18.4 Å². The van der Waals surface area contributed by atoms with Crippen LogP contribution >= 0.6 is 0 Å². The van der Waals surface area contributed by atoms with Crippen molar-refractivity contribution >= 4 is 21.4 Å². The molecule has 0 spiro atoms. The van der Waals surface area contributed by atoms with Crippen molar-refractivity contribution in [1.29, 1.82) is 0 Å². The molecule has 1 aliphatic heterocycles. The Hall–Kier alpha value is -2.61. The molecule has 3 rings (SSSR count). The number of para-hydroxylation sites is 1. The van der Waals surface area contributed by atoms with E-state index >= 15 is 0 Å². The Labute approximate surface area is 133 Å². The Morgan fingerprint density at radius 2 is 1.96 bits per heavy atom. The topological polar surface area (TPSA) is 101 Å². The smallest absolute Gasteiger partial charge is 0.312 e. The third-order valence-corrected chi connectivity index (χ3v) is 5.77. The third kappa shape index (κ3) is 2.40. The van der Waals surface area contributed by atoms with Crippen LogP contribution < -0.4 is 4.31 Å². The number of anilines is 1. The second kappa shape index (κ2) is 5.24. The van der Waals surface area contributed by atoms with Crippen LogP contribution in [0.3, 0.4) is 0 Å². The van der Waals surface area contributed by atoms with E-state index in [1.54, 1.807) is 19.1 Å². The van der Waals surface area contributed by atoms with E-state index in [-0.39, 0.29) is 10.9 Å². The first-order valence-corrected chi connectivity index (χ1v) is 8.36. The predicted molar refractivity (Wildman–Crippen MR) is 84.0 cm³/mol. The van der Waals surface area contributed by atoms with Crippen LogP contribution in [0.4, 0.5) is 11.4 Å². The number of nitro benzene ring substituents is 1. The summed E-state index contributed by atoms with van der Waals surface area (Å²) in [6, 6.07) is 9.96. The summed E-state index contributed by atoms with van der Waals surface area (Å²) in [6.45, 7) is 1.78. The molecule has 120 valence electrons. The lowest BCUT2D eigenvalue weighted by atomic mass is 10.1. The van der Waals surface area contributed by atoms with Gasteiger partial charge in [-0.2, -0.15) is 0 Å². The molecule has 7 nitrogen and oxygen atoms in total. The number of hydrogen-bond acceptors (Lipinski definition) is 5. The molecule has 1 atom stereocenters. The average molecular weight is 334 g/mol. The maximum Gasteiger partial charge on any atom is 0.312 e. The van der Waals surface area contributed by atoms with Crippen molar-refractivity contribution in [3.8, 4) is 5.75 Å². The van der Waals surface area contributed by atoms with Crippen LogP contribution in [0.15, 0.2) is 47.4 Å². The summed E-state index contributed by atoms with van der Waals surface area (Å²) in [7, 11) is -3.96. The molecule has 1 unspecified atom stereocenters. The summed E-state index contributed by atoms with van der Waals surface area (Å²) in [6.07, 6.45) is 0.579. The first-order chi connectivity index (χ1) is 10.8. The highest BCUT2D eigenvalue weighted by Gasteiger charge is 2.36. The van der Waals surface area contributed by atoms with E-state index in [4.69, 9.17) is 0 Å². The average Bonchev–Trinajstić information content (AvgIpc) is 2.83. The second-order valence-corrected chi connectivity index (χ2v) is 7.21. The number of phenols is 1. The van der Waals surface area contributed by atoms with Crippen LogP contribution in [0.1, 0.15) is 12.5 Å². The van der Waals surface area contributed by atoms with Gasteiger partial charge in [0.25, 0.3) is 10.0 Å². The van der Waals surface area contributed by atoms with Gasteiger partial charge >= 0.3 is 5.69 Å². The standard InChI is InChI=1S/C15H14N2O5S/c1-10-8-11-4-2-3-5-13(11)16(10)23(21,22)12-6-7-15(18)14(9-12)17(19)20/h2-7,9-10,18H,8H2,1H3. The lowest BCUT2D eigenvalue weighted by molar-refractivity contribution is -0.386. The summed E-state index contributed by atoms with van der Waals surface area (Å²) in [4.78, 5) is 9.90. The number of aromatic hydroxyl groups is 1. The Morgan fingerprint density at radius 3 is 2.65 bits per heavy atom. The van der Waals surface area contributed by atoms with E-state index in [2.05, 4.69) is 0 Å². The zero-order valence-corrected chi connectivity index (χ0v) is 13.0. The molecular formula is C15H14N2O5S. The van der Waals surface area contributed by atoms with Gasteiger partial charge in [-0.1, -0.05) is 18.2 Å². The fraction of sp³-hybridized carbons (Fsp3) is 0.200. The molecule has 8 heteroatoms. The first-order valence-electron chi connectivity index (χ1n) is 6.92. The van der Waals surface area contributed by atoms with E-state index in [1.807, 2.05) is 12.1 Å². The van der Waals surface area contributed by atoms with E-state index in [0.717, 1.165) is 17.7 Å². The molecule has 0 radical (unpaired) electrons. The van der Waals surface area contributed by atoms with Gasteiger partial charge < -0.3 is 5.11 Å². The van der Waals surface area contributed by atoms with Gasteiger partial charge in [0.05, 0.1) is 15.5 Å². The molecule has 1 aliphatic rings. The quantitative estimate of drug-likeness (QED) is 0.686. The molecule has 0 saturated carbocycles. The molecule has 0 aliphatic carbocycles. The van der Waals surface area contributed by atoms with Gasteiger partial charge in [-0.3, -0.25) is 14.4 Å². The van der Waals surface area contributed by atoms with E-state index in [1.165, 1.54) is 10.4 Å². The van der Waals surface area contributed by atoms with E-state index in [0.29, 0.717) is 12.1 Å².